The van der Waals surface area contributed by atoms with Gasteiger partial charge in [-0.05, 0) is 25.8 Å². The average Bonchev–Trinajstić information content (AvgIpc) is 2.61. The Kier molecular flexibility index (Phi) is 5.80. The molecule has 3 N–H and O–H groups in total. The van der Waals surface area contributed by atoms with E-state index in [1.54, 1.807) is 11.3 Å². The first-order valence-corrected chi connectivity index (χ1v) is 6.59. The van der Waals surface area contributed by atoms with Gasteiger partial charge in [-0.2, -0.15) is 0 Å². The summed E-state index contributed by atoms with van der Waals surface area (Å²) in [6.45, 7) is 2.58. The van der Waals surface area contributed by atoms with Gasteiger partial charge < -0.3 is 11.1 Å². The summed E-state index contributed by atoms with van der Waals surface area (Å²) in [5.41, 5.74) is 5.58. The zero-order valence-electron chi connectivity index (χ0n) is 9.33. The van der Waals surface area contributed by atoms with Crippen LogP contribution in [0.2, 0.25) is 5.02 Å². The second kappa shape index (κ2) is 6.89. The van der Waals surface area contributed by atoms with Crippen LogP contribution in [0.4, 0.5) is 0 Å². The fourth-order valence-corrected chi connectivity index (χ4v) is 2.33. The van der Waals surface area contributed by atoms with Crippen LogP contribution in [0.3, 0.4) is 0 Å². The Balaban J connectivity index is 2.15. The molecule has 0 fully saturated rings. The molecular weight excluding hydrogens is 244 g/mol. The first-order chi connectivity index (χ1) is 7.58. The molecule has 16 heavy (non-hydrogen) atoms. The average molecular weight is 261 g/mol. The molecule has 0 saturated carbocycles. The van der Waals surface area contributed by atoms with E-state index in [2.05, 4.69) is 5.32 Å². The minimum atomic E-state index is 0.0742. The zero-order chi connectivity index (χ0) is 12.0. The van der Waals surface area contributed by atoms with Crippen molar-refractivity contribution in [1.29, 1.82) is 0 Å². The third-order valence-corrected chi connectivity index (χ3v) is 3.49. The minimum absolute atomic E-state index is 0.0742. The molecule has 3 nitrogen and oxygen atoms in total. The topological polar surface area (TPSA) is 55.1 Å². The van der Waals surface area contributed by atoms with Crippen LogP contribution in [0.1, 0.15) is 24.6 Å². The summed E-state index contributed by atoms with van der Waals surface area (Å²) >= 11 is 7.38. The number of hydrogen-bond donors (Lipinski definition) is 2. The maximum atomic E-state index is 11.4. The van der Waals surface area contributed by atoms with Gasteiger partial charge in [-0.1, -0.05) is 11.6 Å². The fourth-order valence-electron chi connectivity index (χ4n) is 1.25. The number of carbonyl (C=O) groups excluding carboxylic acids is 1. The van der Waals surface area contributed by atoms with Crippen molar-refractivity contribution in [3.63, 3.8) is 0 Å². The van der Waals surface area contributed by atoms with Crippen LogP contribution in [-0.4, -0.2) is 18.5 Å². The normalized spacial score (nSPS) is 12.4. The number of halogens is 1. The number of nitrogens with one attached hydrogen (secondary N) is 1. The van der Waals surface area contributed by atoms with E-state index in [9.17, 15) is 4.79 Å². The molecule has 90 valence electrons. The number of amides is 1. The van der Waals surface area contributed by atoms with E-state index < -0.39 is 0 Å². The largest absolute Gasteiger partial charge is 0.356 e. The Labute approximate surface area is 105 Å². The lowest BCUT2D eigenvalue weighted by atomic mass is 10.2. The highest BCUT2D eigenvalue weighted by atomic mass is 35.5. The van der Waals surface area contributed by atoms with Crippen LogP contribution in [0.15, 0.2) is 11.4 Å². The van der Waals surface area contributed by atoms with Crippen molar-refractivity contribution in [2.45, 2.75) is 32.2 Å². The molecule has 1 amide bonds. The van der Waals surface area contributed by atoms with Gasteiger partial charge in [0.15, 0.2) is 0 Å². The molecule has 1 atom stereocenters. The molecule has 1 aromatic heterocycles. The standard InChI is InChI=1S/C11H17ClN2OS/c1-8(13)4-5-14-11(15)3-2-10-6-9(12)7-16-10/h6-8H,2-5,13H2,1H3,(H,14,15). The summed E-state index contributed by atoms with van der Waals surface area (Å²) in [5.74, 6) is 0.0742. The predicted octanol–water partition coefficient (Wildman–Crippen LogP) is 2.19. The van der Waals surface area contributed by atoms with Gasteiger partial charge in [-0.3, -0.25) is 4.79 Å². The van der Waals surface area contributed by atoms with Crippen LogP contribution < -0.4 is 11.1 Å². The van der Waals surface area contributed by atoms with Crippen molar-refractivity contribution in [3.05, 3.63) is 21.3 Å². The van der Waals surface area contributed by atoms with Gasteiger partial charge in [0.05, 0.1) is 5.02 Å². The van der Waals surface area contributed by atoms with Crippen LogP contribution in [0, 0.1) is 0 Å². The van der Waals surface area contributed by atoms with Crippen molar-refractivity contribution in [2.75, 3.05) is 6.54 Å². The molecule has 5 heteroatoms. The molecule has 1 heterocycles. The first-order valence-electron chi connectivity index (χ1n) is 5.33. The summed E-state index contributed by atoms with van der Waals surface area (Å²) in [5, 5.41) is 5.47. The number of aryl methyl sites for hydroxylation is 1. The monoisotopic (exact) mass is 260 g/mol. The Bertz CT molecular complexity index is 338. The van der Waals surface area contributed by atoms with Crippen LogP contribution >= 0.6 is 22.9 Å². The number of carbonyl (C=O) groups is 1. The van der Waals surface area contributed by atoms with Gasteiger partial charge in [0.1, 0.15) is 0 Å². The highest BCUT2D eigenvalue weighted by Gasteiger charge is 2.04. The number of rotatable bonds is 6. The summed E-state index contributed by atoms with van der Waals surface area (Å²) < 4.78 is 0. The third kappa shape index (κ3) is 5.49. The summed E-state index contributed by atoms with van der Waals surface area (Å²) in [4.78, 5) is 12.6. The highest BCUT2D eigenvalue weighted by Crippen LogP contribution is 2.20. The lowest BCUT2D eigenvalue weighted by Gasteiger charge is -2.06. The van der Waals surface area contributed by atoms with E-state index in [-0.39, 0.29) is 11.9 Å². The van der Waals surface area contributed by atoms with Gasteiger partial charge >= 0.3 is 0 Å². The lowest BCUT2D eigenvalue weighted by molar-refractivity contribution is -0.121. The smallest absolute Gasteiger partial charge is 0.220 e. The van der Waals surface area contributed by atoms with Crippen molar-refractivity contribution >= 4 is 28.8 Å². The van der Waals surface area contributed by atoms with Crippen molar-refractivity contribution < 1.29 is 4.79 Å². The molecule has 0 radical (unpaired) electrons. The van der Waals surface area contributed by atoms with Crippen molar-refractivity contribution in [2.24, 2.45) is 5.73 Å². The summed E-state index contributed by atoms with van der Waals surface area (Å²) in [6, 6.07) is 2.04. The van der Waals surface area contributed by atoms with Gasteiger partial charge in [-0.15, -0.1) is 11.3 Å². The number of nitrogens with two attached hydrogens (primary N) is 1. The van der Waals surface area contributed by atoms with E-state index in [0.29, 0.717) is 13.0 Å². The van der Waals surface area contributed by atoms with Crippen LogP contribution in [0.5, 0.6) is 0 Å². The first kappa shape index (κ1) is 13.5. The zero-order valence-corrected chi connectivity index (χ0v) is 10.9. The lowest BCUT2D eigenvalue weighted by Crippen LogP contribution is -2.28. The molecule has 0 bridgehead atoms. The van der Waals surface area contributed by atoms with E-state index in [0.717, 1.165) is 22.7 Å². The molecule has 0 aromatic carbocycles. The second-order valence-electron chi connectivity index (χ2n) is 3.85. The molecule has 0 aliphatic carbocycles. The Morgan fingerprint density at radius 3 is 3.00 bits per heavy atom. The number of hydrogen-bond acceptors (Lipinski definition) is 3. The molecular formula is C11H17ClN2OS. The van der Waals surface area contributed by atoms with Crippen LogP contribution in [0.25, 0.3) is 0 Å². The molecule has 0 aliphatic heterocycles. The number of thiophene rings is 1. The van der Waals surface area contributed by atoms with E-state index in [4.69, 9.17) is 17.3 Å². The SMILES string of the molecule is CC(N)CCNC(=O)CCc1cc(Cl)cs1. The maximum Gasteiger partial charge on any atom is 0.220 e. The fraction of sp³-hybridized carbons (Fsp3) is 0.545. The maximum absolute atomic E-state index is 11.4. The highest BCUT2D eigenvalue weighted by molar-refractivity contribution is 7.10. The van der Waals surface area contributed by atoms with Crippen molar-refractivity contribution in [3.8, 4) is 0 Å². The minimum Gasteiger partial charge on any atom is -0.356 e. The van der Waals surface area contributed by atoms with Crippen molar-refractivity contribution in [1.82, 2.24) is 5.32 Å². The van der Waals surface area contributed by atoms with E-state index >= 15 is 0 Å². The molecule has 0 saturated heterocycles. The van der Waals surface area contributed by atoms with Crippen LogP contribution in [-0.2, 0) is 11.2 Å². The van der Waals surface area contributed by atoms with Gasteiger partial charge in [0, 0.05) is 29.3 Å². The third-order valence-electron chi connectivity index (χ3n) is 2.14. The summed E-state index contributed by atoms with van der Waals surface area (Å²) in [6.07, 6.45) is 2.08. The molecule has 1 rings (SSSR count). The summed E-state index contributed by atoms with van der Waals surface area (Å²) in [7, 11) is 0. The van der Waals surface area contributed by atoms with Gasteiger partial charge in [0.25, 0.3) is 0 Å². The molecule has 0 aliphatic rings. The van der Waals surface area contributed by atoms with Gasteiger partial charge in [0.2, 0.25) is 5.91 Å². The Hall–Kier alpha value is -0.580. The Morgan fingerprint density at radius 1 is 1.69 bits per heavy atom. The molecule has 0 spiro atoms. The van der Waals surface area contributed by atoms with Gasteiger partial charge in [-0.25, -0.2) is 0 Å². The molecule has 1 unspecified atom stereocenters. The van der Waals surface area contributed by atoms with E-state index in [1.807, 2.05) is 18.4 Å². The predicted molar refractivity (Wildman–Crippen MR) is 68.9 cm³/mol. The van der Waals surface area contributed by atoms with E-state index in [1.165, 1.54) is 0 Å². The Morgan fingerprint density at radius 2 is 2.44 bits per heavy atom. The quantitative estimate of drug-likeness (QED) is 0.824. The molecule has 1 aromatic rings. The second-order valence-corrected chi connectivity index (χ2v) is 5.28.